The van der Waals surface area contributed by atoms with E-state index < -0.39 is 0 Å². The molecular formula is C24H27FN4O2. The average molecular weight is 423 g/mol. The molecule has 162 valence electrons. The summed E-state index contributed by atoms with van der Waals surface area (Å²) in [5.74, 6) is 1.40. The summed E-state index contributed by atoms with van der Waals surface area (Å²) < 4.78 is 26.3. The first-order valence-corrected chi connectivity index (χ1v) is 10.8. The second-order valence-corrected chi connectivity index (χ2v) is 8.26. The van der Waals surface area contributed by atoms with Crippen molar-refractivity contribution in [2.45, 2.75) is 38.8 Å². The number of benzene rings is 2. The van der Waals surface area contributed by atoms with Crippen LogP contribution in [0.25, 0.3) is 5.69 Å². The van der Waals surface area contributed by atoms with Gasteiger partial charge in [-0.3, -0.25) is 0 Å². The summed E-state index contributed by atoms with van der Waals surface area (Å²) in [6.07, 6.45) is 4.02. The highest BCUT2D eigenvalue weighted by Gasteiger charge is 2.24. The highest BCUT2D eigenvalue weighted by Crippen LogP contribution is 2.36. The minimum atomic E-state index is -0.255. The molecule has 7 heteroatoms. The molecule has 0 amide bonds. The van der Waals surface area contributed by atoms with Gasteiger partial charge in [-0.1, -0.05) is 6.07 Å². The second-order valence-electron chi connectivity index (χ2n) is 8.26. The molecule has 0 radical (unpaired) electrons. The van der Waals surface area contributed by atoms with Gasteiger partial charge in [0.15, 0.2) is 11.5 Å². The molecule has 3 aromatic rings. The third-order valence-corrected chi connectivity index (χ3v) is 6.27. The zero-order valence-corrected chi connectivity index (χ0v) is 17.8. The van der Waals surface area contributed by atoms with Gasteiger partial charge in [-0.15, -0.1) is 0 Å². The number of piperidine rings is 1. The first-order valence-electron chi connectivity index (χ1n) is 10.8. The van der Waals surface area contributed by atoms with E-state index in [4.69, 9.17) is 9.47 Å². The van der Waals surface area contributed by atoms with Gasteiger partial charge in [0.1, 0.15) is 5.82 Å². The van der Waals surface area contributed by atoms with Crippen LogP contribution in [0, 0.1) is 12.7 Å². The van der Waals surface area contributed by atoms with Crippen molar-refractivity contribution in [2.24, 2.45) is 0 Å². The monoisotopic (exact) mass is 422 g/mol. The van der Waals surface area contributed by atoms with E-state index in [0.29, 0.717) is 12.8 Å². The first kappa shape index (κ1) is 19.9. The van der Waals surface area contributed by atoms with Crippen molar-refractivity contribution in [2.75, 3.05) is 24.8 Å². The van der Waals surface area contributed by atoms with Crippen LogP contribution in [0.2, 0.25) is 0 Å². The van der Waals surface area contributed by atoms with E-state index in [9.17, 15) is 4.39 Å². The normalized spacial score (nSPS) is 17.2. The summed E-state index contributed by atoms with van der Waals surface area (Å²) in [7, 11) is 0. The fourth-order valence-electron chi connectivity index (χ4n) is 4.55. The Morgan fingerprint density at radius 1 is 1.06 bits per heavy atom. The predicted molar refractivity (Wildman–Crippen MR) is 118 cm³/mol. The van der Waals surface area contributed by atoms with E-state index in [0.717, 1.165) is 54.4 Å². The van der Waals surface area contributed by atoms with Crippen LogP contribution in [0.4, 0.5) is 10.1 Å². The molecule has 0 saturated carbocycles. The van der Waals surface area contributed by atoms with Gasteiger partial charge in [-0.2, -0.15) is 5.10 Å². The lowest BCUT2D eigenvalue weighted by atomic mass is 10.0. The summed E-state index contributed by atoms with van der Waals surface area (Å²) in [4.78, 5) is 2.40. The van der Waals surface area contributed by atoms with E-state index >= 15 is 0 Å². The molecule has 0 aliphatic carbocycles. The molecule has 2 aliphatic heterocycles. The fraction of sp³-hybridized carbons (Fsp3) is 0.375. The van der Waals surface area contributed by atoms with Gasteiger partial charge in [-0.25, -0.2) is 9.07 Å². The van der Waals surface area contributed by atoms with Crippen molar-refractivity contribution in [1.29, 1.82) is 0 Å². The lowest BCUT2D eigenvalue weighted by Crippen LogP contribution is -2.43. The standard InChI is InChI=1S/C24H27FN4O2/c1-16(22-14-26-29(17(22)2)21-5-3-4-18(25)12-21)27-19-8-10-28(11-9-19)20-6-7-23-24(13-20)31-15-30-23/h3-7,12-14,16,19,27H,8-11,15H2,1-2H3. The minimum Gasteiger partial charge on any atom is -0.454 e. The summed E-state index contributed by atoms with van der Waals surface area (Å²) >= 11 is 0. The minimum absolute atomic E-state index is 0.171. The number of nitrogens with one attached hydrogen (secondary N) is 1. The lowest BCUT2D eigenvalue weighted by molar-refractivity contribution is 0.174. The molecule has 31 heavy (non-hydrogen) atoms. The molecule has 5 rings (SSSR count). The van der Waals surface area contributed by atoms with Crippen LogP contribution in [0.1, 0.15) is 37.1 Å². The maximum atomic E-state index is 13.6. The Bertz CT molecular complexity index is 1080. The molecule has 1 saturated heterocycles. The Hall–Kier alpha value is -3.06. The predicted octanol–water partition coefficient (Wildman–Crippen LogP) is 4.37. The van der Waals surface area contributed by atoms with E-state index in [1.165, 1.54) is 17.8 Å². The Morgan fingerprint density at radius 3 is 2.68 bits per heavy atom. The van der Waals surface area contributed by atoms with Crippen LogP contribution < -0.4 is 19.7 Å². The van der Waals surface area contributed by atoms with E-state index in [1.807, 2.05) is 25.3 Å². The van der Waals surface area contributed by atoms with Crippen LogP contribution >= 0.6 is 0 Å². The SMILES string of the molecule is Cc1c(C(C)NC2CCN(c3ccc4c(c3)OCO4)CC2)cnn1-c1cccc(F)c1. The van der Waals surface area contributed by atoms with Gasteiger partial charge >= 0.3 is 0 Å². The Labute approximate surface area is 181 Å². The molecule has 1 aromatic heterocycles. The molecule has 1 N–H and O–H groups in total. The van der Waals surface area contributed by atoms with Gasteiger partial charge in [0, 0.05) is 48.2 Å². The summed E-state index contributed by atoms with van der Waals surface area (Å²) in [5.41, 5.74) is 4.10. The molecule has 2 aliphatic rings. The molecule has 1 unspecified atom stereocenters. The summed E-state index contributed by atoms with van der Waals surface area (Å²) in [6.45, 7) is 6.49. The zero-order chi connectivity index (χ0) is 21.4. The van der Waals surface area contributed by atoms with Crippen LogP contribution in [0.15, 0.2) is 48.7 Å². The van der Waals surface area contributed by atoms with Crippen LogP contribution in [0.5, 0.6) is 11.5 Å². The van der Waals surface area contributed by atoms with Crippen molar-refractivity contribution in [3.8, 4) is 17.2 Å². The number of anilines is 1. The van der Waals surface area contributed by atoms with Crippen LogP contribution in [-0.2, 0) is 0 Å². The van der Waals surface area contributed by atoms with Crippen molar-refractivity contribution in [3.63, 3.8) is 0 Å². The Morgan fingerprint density at radius 2 is 1.87 bits per heavy atom. The number of halogens is 1. The zero-order valence-electron chi connectivity index (χ0n) is 17.8. The lowest BCUT2D eigenvalue weighted by Gasteiger charge is -2.35. The molecule has 0 spiro atoms. The Kier molecular flexibility index (Phi) is 5.28. The average Bonchev–Trinajstić information content (AvgIpc) is 3.40. The largest absolute Gasteiger partial charge is 0.454 e. The van der Waals surface area contributed by atoms with E-state index in [1.54, 1.807) is 10.7 Å². The number of hydrogen-bond donors (Lipinski definition) is 1. The maximum absolute atomic E-state index is 13.6. The number of rotatable bonds is 5. The van der Waals surface area contributed by atoms with Gasteiger partial charge < -0.3 is 19.7 Å². The number of hydrogen-bond acceptors (Lipinski definition) is 5. The maximum Gasteiger partial charge on any atom is 0.231 e. The third-order valence-electron chi connectivity index (χ3n) is 6.27. The first-order chi connectivity index (χ1) is 15.1. The van der Waals surface area contributed by atoms with E-state index in [-0.39, 0.29) is 11.9 Å². The van der Waals surface area contributed by atoms with Gasteiger partial charge in [0.25, 0.3) is 0 Å². The third kappa shape index (κ3) is 3.97. The molecule has 2 aromatic carbocycles. The number of nitrogens with zero attached hydrogens (tertiary/aromatic N) is 3. The molecule has 3 heterocycles. The fourth-order valence-corrected chi connectivity index (χ4v) is 4.55. The van der Waals surface area contributed by atoms with Crippen LogP contribution in [-0.4, -0.2) is 35.7 Å². The highest BCUT2D eigenvalue weighted by molar-refractivity contribution is 5.57. The number of aromatic nitrogens is 2. The smallest absolute Gasteiger partial charge is 0.231 e. The highest BCUT2D eigenvalue weighted by atomic mass is 19.1. The van der Waals surface area contributed by atoms with Crippen molar-refractivity contribution < 1.29 is 13.9 Å². The van der Waals surface area contributed by atoms with Gasteiger partial charge in [-0.05, 0) is 57.0 Å². The molecule has 6 nitrogen and oxygen atoms in total. The van der Waals surface area contributed by atoms with Crippen molar-refractivity contribution in [1.82, 2.24) is 15.1 Å². The number of fused-ring (bicyclic) bond motifs is 1. The van der Waals surface area contributed by atoms with Crippen molar-refractivity contribution >= 4 is 5.69 Å². The summed E-state index contributed by atoms with van der Waals surface area (Å²) in [5, 5.41) is 8.27. The second kappa shape index (κ2) is 8.23. The topological polar surface area (TPSA) is 51.6 Å². The van der Waals surface area contributed by atoms with Gasteiger partial charge in [0.05, 0.1) is 11.9 Å². The molecule has 1 fully saturated rings. The van der Waals surface area contributed by atoms with Gasteiger partial charge in [0.2, 0.25) is 6.79 Å². The van der Waals surface area contributed by atoms with Crippen LogP contribution in [0.3, 0.4) is 0 Å². The summed E-state index contributed by atoms with van der Waals surface area (Å²) in [6, 6.07) is 13.3. The Balaban J connectivity index is 1.21. The van der Waals surface area contributed by atoms with E-state index in [2.05, 4.69) is 34.4 Å². The number of ether oxygens (including phenoxy) is 2. The molecule has 0 bridgehead atoms. The quantitative estimate of drug-likeness (QED) is 0.662. The molecular weight excluding hydrogens is 395 g/mol. The molecule has 1 atom stereocenters. The van der Waals surface area contributed by atoms with Crippen molar-refractivity contribution in [3.05, 3.63) is 65.7 Å².